The van der Waals surface area contributed by atoms with E-state index in [4.69, 9.17) is 9.84 Å². The standard InChI is InChI=1S/C16H17F3N2O4/c17-16(18,19)12-7-10(13(22)23)1-2-11(12)8-21-9-15(25-14(21)24)3-5-20-6-4-15/h1-2,7,20H,3-6,8-9H2,(H,22,23). The first-order valence-corrected chi connectivity index (χ1v) is 7.82. The molecule has 2 aliphatic heterocycles. The van der Waals surface area contributed by atoms with E-state index in [2.05, 4.69) is 5.32 Å². The lowest BCUT2D eigenvalue weighted by molar-refractivity contribution is -0.138. The Morgan fingerprint density at radius 2 is 2.00 bits per heavy atom. The van der Waals surface area contributed by atoms with E-state index in [1.54, 1.807) is 0 Å². The Balaban J connectivity index is 1.85. The fraction of sp³-hybridized carbons (Fsp3) is 0.500. The van der Waals surface area contributed by atoms with Crippen LogP contribution in [0.15, 0.2) is 18.2 Å². The number of halogens is 3. The van der Waals surface area contributed by atoms with Gasteiger partial charge in [0.25, 0.3) is 0 Å². The van der Waals surface area contributed by atoms with Crippen LogP contribution in [-0.2, 0) is 17.5 Å². The molecule has 0 radical (unpaired) electrons. The van der Waals surface area contributed by atoms with Gasteiger partial charge in [0.2, 0.25) is 0 Å². The zero-order chi connectivity index (χ0) is 18.2. The Bertz CT molecular complexity index is 699. The molecule has 2 aliphatic rings. The molecular formula is C16H17F3N2O4. The van der Waals surface area contributed by atoms with Gasteiger partial charge in [0, 0.05) is 19.4 Å². The smallest absolute Gasteiger partial charge is 0.416 e. The molecule has 0 saturated carbocycles. The Labute approximate surface area is 141 Å². The van der Waals surface area contributed by atoms with E-state index in [0.29, 0.717) is 32.0 Å². The van der Waals surface area contributed by atoms with Crippen LogP contribution in [-0.4, -0.2) is 47.3 Å². The molecule has 25 heavy (non-hydrogen) atoms. The average Bonchev–Trinajstić information content (AvgIpc) is 2.82. The van der Waals surface area contributed by atoms with Gasteiger partial charge in [-0.2, -0.15) is 13.2 Å². The number of piperidine rings is 1. The Kier molecular flexibility index (Phi) is 4.36. The van der Waals surface area contributed by atoms with Gasteiger partial charge < -0.3 is 15.2 Å². The minimum atomic E-state index is -4.71. The van der Waals surface area contributed by atoms with Crippen molar-refractivity contribution in [2.75, 3.05) is 19.6 Å². The largest absolute Gasteiger partial charge is 0.478 e. The zero-order valence-electron chi connectivity index (χ0n) is 13.2. The monoisotopic (exact) mass is 358 g/mol. The van der Waals surface area contributed by atoms with Crippen molar-refractivity contribution in [1.29, 1.82) is 0 Å². The third-order valence-corrected chi connectivity index (χ3v) is 4.58. The first kappa shape index (κ1) is 17.5. The Morgan fingerprint density at radius 1 is 1.32 bits per heavy atom. The fourth-order valence-corrected chi connectivity index (χ4v) is 3.27. The minimum absolute atomic E-state index is 0.152. The minimum Gasteiger partial charge on any atom is -0.478 e. The van der Waals surface area contributed by atoms with Crippen molar-refractivity contribution in [3.05, 3.63) is 34.9 Å². The van der Waals surface area contributed by atoms with Crippen LogP contribution in [0.1, 0.15) is 34.3 Å². The highest BCUT2D eigenvalue weighted by Crippen LogP contribution is 2.36. The lowest BCUT2D eigenvalue weighted by Gasteiger charge is -2.31. The summed E-state index contributed by atoms with van der Waals surface area (Å²) < 4.78 is 45.3. The molecular weight excluding hydrogens is 341 g/mol. The third kappa shape index (κ3) is 3.55. The number of ether oxygens (including phenoxy) is 1. The molecule has 1 spiro atoms. The summed E-state index contributed by atoms with van der Waals surface area (Å²) >= 11 is 0. The second-order valence-corrected chi connectivity index (χ2v) is 6.33. The predicted octanol–water partition coefficient (Wildman–Crippen LogP) is 2.48. The van der Waals surface area contributed by atoms with Crippen molar-refractivity contribution in [3.63, 3.8) is 0 Å². The topological polar surface area (TPSA) is 78.9 Å². The van der Waals surface area contributed by atoms with Crippen molar-refractivity contribution in [2.24, 2.45) is 0 Å². The van der Waals surface area contributed by atoms with E-state index >= 15 is 0 Å². The van der Waals surface area contributed by atoms with Crippen LogP contribution in [0.4, 0.5) is 18.0 Å². The maximum absolute atomic E-state index is 13.3. The highest BCUT2D eigenvalue weighted by atomic mass is 19.4. The van der Waals surface area contributed by atoms with Crippen LogP contribution >= 0.6 is 0 Å². The SMILES string of the molecule is O=C(O)c1ccc(CN2CC3(CCNCC3)OC2=O)c(C(F)(F)F)c1. The lowest BCUT2D eigenvalue weighted by Crippen LogP contribution is -2.44. The molecule has 0 bridgehead atoms. The molecule has 2 fully saturated rings. The molecule has 9 heteroatoms. The summed E-state index contributed by atoms with van der Waals surface area (Å²) in [6.07, 6.45) is -4.13. The Hall–Kier alpha value is -2.29. The molecule has 136 valence electrons. The predicted molar refractivity (Wildman–Crippen MR) is 80.1 cm³/mol. The number of carbonyl (C=O) groups excluding carboxylic acids is 1. The molecule has 2 N–H and O–H groups in total. The molecule has 1 aromatic rings. The van der Waals surface area contributed by atoms with Gasteiger partial charge in [0.05, 0.1) is 17.7 Å². The second kappa shape index (κ2) is 6.21. The van der Waals surface area contributed by atoms with Crippen LogP contribution in [0, 0.1) is 0 Å². The Morgan fingerprint density at radius 3 is 2.60 bits per heavy atom. The average molecular weight is 358 g/mol. The maximum Gasteiger partial charge on any atom is 0.416 e. The van der Waals surface area contributed by atoms with Gasteiger partial charge in [-0.3, -0.25) is 4.90 Å². The zero-order valence-corrected chi connectivity index (χ0v) is 13.2. The van der Waals surface area contributed by atoms with Crippen molar-refractivity contribution in [2.45, 2.75) is 31.2 Å². The molecule has 2 heterocycles. The second-order valence-electron chi connectivity index (χ2n) is 6.33. The number of hydrogen-bond acceptors (Lipinski definition) is 4. The summed E-state index contributed by atoms with van der Waals surface area (Å²) in [5, 5.41) is 12.0. The van der Waals surface area contributed by atoms with Crippen LogP contribution in [0.5, 0.6) is 0 Å². The normalized spacial score (nSPS) is 20.0. The molecule has 0 unspecified atom stereocenters. The molecule has 0 aliphatic carbocycles. The number of aromatic carboxylic acids is 1. The summed E-state index contributed by atoms with van der Waals surface area (Å²) in [5.74, 6) is -1.44. The van der Waals surface area contributed by atoms with Crippen LogP contribution in [0.2, 0.25) is 0 Å². The lowest BCUT2D eigenvalue weighted by atomic mass is 9.92. The van der Waals surface area contributed by atoms with Gasteiger partial charge in [-0.1, -0.05) is 6.07 Å². The highest BCUT2D eigenvalue weighted by molar-refractivity contribution is 5.88. The van der Waals surface area contributed by atoms with E-state index in [1.165, 1.54) is 4.90 Å². The van der Waals surface area contributed by atoms with Crippen LogP contribution in [0.25, 0.3) is 0 Å². The quantitative estimate of drug-likeness (QED) is 0.868. The van der Waals surface area contributed by atoms with Crippen molar-refractivity contribution in [1.82, 2.24) is 10.2 Å². The first-order valence-electron chi connectivity index (χ1n) is 7.82. The van der Waals surface area contributed by atoms with E-state index in [1.807, 2.05) is 0 Å². The number of carboxylic acids is 1. The summed E-state index contributed by atoms with van der Waals surface area (Å²) in [7, 11) is 0. The molecule has 1 aromatic carbocycles. The first-order chi connectivity index (χ1) is 11.7. The van der Waals surface area contributed by atoms with E-state index in [0.717, 1.165) is 12.1 Å². The summed E-state index contributed by atoms with van der Waals surface area (Å²) in [4.78, 5) is 24.3. The van der Waals surface area contributed by atoms with E-state index < -0.39 is 35.0 Å². The molecule has 3 rings (SSSR count). The van der Waals surface area contributed by atoms with Crippen molar-refractivity contribution < 1.29 is 32.6 Å². The summed E-state index contributed by atoms with van der Waals surface area (Å²) in [6, 6.07) is 2.81. The van der Waals surface area contributed by atoms with Gasteiger partial charge in [0.1, 0.15) is 5.60 Å². The van der Waals surface area contributed by atoms with Gasteiger partial charge in [-0.25, -0.2) is 9.59 Å². The fourth-order valence-electron chi connectivity index (χ4n) is 3.27. The number of amides is 1. The molecule has 2 saturated heterocycles. The molecule has 0 atom stereocenters. The maximum atomic E-state index is 13.3. The number of nitrogens with zero attached hydrogens (tertiary/aromatic N) is 1. The van der Waals surface area contributed by atoms with E-state index in [9.17, 15) is 22.8 Å². The van der Waals surface area contributed by atoms with Crippen LogP contribution in [0.3, 0.4) is 0 Å². The van der Waals surface area contributed by atoms with Gasteiger partial charge in [-0.15, -0.1) is 0 Å². The number of rotatable bonds is 3. The number of alkyl halides is 3. The van der Waals surface area contributed by atoms with E-state index in [-0.39, 0.29) is 18.7 Å². The number of carbonyl (C=O) groups is 2. The third-order valence-electron chi connectivity index (χ3n) is 4.58. The molecule has 6 nitrogen and oxygen atoms in total. The number of carboxylic acid groups (broad SMARTS) is 1. The van der Waals surface area contributed by atoms with Gasteiger partial charge >= 0.3 is 18.2 Å². The van der Waals surface area contributed by atoms with Crippen LogP contribution < -0.4 is 5.32 Å². The van der Waals surface area contributed by atoms with Crippen molar-refractivity contribution >= 4 is 12.1 Å². The van der Waals surface area contributed by atoms with Gasteiger partial charge in [0.15, 0.2) is 0 Å². The molecule has 1 amide bonds. The summed E-state index contributed by atoms with van der Waals surface area (Å²) in [5.41, 5.74) is -2.30. The highest BCUT2D eigenvalue weighted by Gasteiger charge is 2.46. The number of hydrogen-bond donors (Lipinski definition) is 2. The van der Waals surface area contributed by atoms with Gasteiger partial charge in [-0.05, 0) is 30.8 Å². The van der Waals surface area contributed by atoms with Crippen molar-refractivity contribution in [3.8, 4) is 0 Å². The summed E-state index contributed by atoms with van der Waals surface area (Å²) in [6.45, 7) is 1.32. The molecule has 0 aromatic heterocycles. The number of benzene rings is 1. The number of nitrogens with one attached hydrogen (secondary N) is 1.